The van der Waals surface area contributed by atoms with E-state index in [1.807, 2.05) is 0 Å². The molecule has 638 valence electrons. The van der Waals surface area contributed by atoms with Crippen molar-refractivity contribution >= 4 is 5.91 Å². The van der Waals surface area contributed by atoms with E-state index in [9.17, 15) is 61.0 Å². The molecule has 0 aromatic rings. The zero-order valence-corrected chi connectivity index (χ0v) is 68.7. The van der Waals surface area contributed by atoms with Gasteiger partial charge in [0.15, 0.2) is 18.9 Å². The third-order valence-electron chi connectivity index (χ3n) is 21.7. The minimum Gasteiger partial charge on any atom is -0.394 e. The second-order valence-corrected chi connectivity index (χ2v) is 31.3. The van der Waals surface area contributed by atoms with Crippen LogP contribution >= 0.6 is 0 Å². The summed E-state index contributed by atoms with van der Waals surface area (Å²) in [7, 11) is 0. The van der Waals surface area contributed by atoms with Crippen molar-refractivity contribution in [3.63, 3.8) is 0 Å². The van der Waals surface area contributed by atoms with E-state index in [0.29, 0.717) is 12.8 Å². The van der Waals surface area contributed by atoms with Crippen LogP contribution in [0.15, 0.2) is 97.2 Å². The zero-order chi connectivity index (χ0) is 79.5. The first kappa shape index (κ1) is 101. The molecule has 17 unspecified atom stereocenters. The molecule has 1 amide bonds. The van der Waals surface area contributed by atoms with Gasteiger partial charge in [-0.25, -0.2) is 0 Å². The van der Waals surface area contributed by atoms with Crippen molar-refractivity contribution < 1.29 is 89.4 Å². The van der Waals surface area contributed by atoms with E-state index in [-0.39, 0.29) is 18.9 Å². The lowest BCUT2D eigenvalue weighted by atomic mass is 9.96. The van der Waals surface area contributed by atoms with Crippen molar-refractivity contribution in [2.24, 2.45) is 0 Å². The van der Waals surface area contributed by atoms with Gasteiger partial charge in [-0.2, -0.15) is 0 Å². The Morgan fingerprint density at radius 3 is 0.982 bits per heavy atom. The first-order chi connectivity index (χ1) is 53.8. The average Bonchev–Trinajstić information content (AvgIpc) is 0.782. The van der Waals surface area contributed by atoms with Crippen molar-refractivity contribution in [1.29, 1.82) is 0 Å². The van der Waals surface area contributed by atoms with E-state index in [1.54, 1.807) is 0 Å². The molecule has 0 aromatic carbocycles. The predicted octanol–water partition coefficient (Wildman–Crippen LogP) is 16.7. The summed E-state index contributed by atoms with van der Waals surface area (Å²) in [4.78, 5) is 13.5. The first-order valence-corrected chi connectivity index (χ1v) is 44.5. The Morgan fingerprint density at radius 1 is 0.336 bits per heavy atom. The Bertz CT molecular complexity index is 2360. The van der Waals surface area contributed by atoms with Gasteiger partial charge >= 0.3 is 0 Å². The third-order valence-corrected chi connectivity index (χ3v) is 21.7. The quantitative estimate of drug-likeness (QED) is 0.0199. The van der Waals surface area contributed by atoms with Crippen LogP contribution in [-0.4, -0.2) is 193 Å². The molecule has 3 aliphatic heterocycles. The molecular formula is C91H161NO18. The van der Waals surface area contributed by atoms with Crippen LogP contribution in [-0.2, 0) is 33.2 Å². The van der Waals surface area contributed by atoms with Crippen LogP contribution in [0.3, 0.4) is 0 Å². The molecule has 3 aliphatic rings. The monoisotopic (exact) mass is 1560 g/mol. The summed E-state index contributed by atoms with van der Waals surface area (Å²) in [6.45, 7) is 1.73. The smallest absolute Gasteiger partial charge is 0.220 e. The van der Waals surface area contributed by atoms with Gasteiger partial charge in [-0.05, 0) is 77.0 Å². The van der Waals surface area contributed by atoms with Gasteiger partial charge in [0.2, 0.25) is 5.91 Å². The molecule has 3 rings (SSSR count). The molecule has 3 heterocycles. The summed E-state index contributed by atoms with van der Waals surface area (Å²) < 4.78 is 34.6. The van der Waals surface area contributed by atoms with E-state index in [1.165, 1.54) is 212 Å². The van der Waals surface area contributed by atoms with Gasteiger partial charge in [0, 0.05) is 6.42 Å². The number of carbonyl (C=O) groups is 1. The van der Waals surface area contributed by atoms with Crippen molar-refractivity contribution in [2.45, 2.75) is 446 Å². The molecular weight excluding hydrogens is 1390 g/mol. The number of aliphatic hydroxyl groups excluding tert-OH is 11. The minimum absolute atomic E-state index is 0.240. The lowest BCUT2D eigenvalue weighted by molar-refractivity contribution is -0.379. The fraction of sp³-hybridized carbons (Fsp3) is 0.813. The van der Waals surface area contributed by atoms with Crippen LogP contribution in [0.5, 0.6) is 0 Å². The molecule has 0 spiro atoms. The minimum atomic E-state index is -1.98. The Balaban J connectivity index is 1.31. The number of allylic oxidation sites excluding steroid dienone is 16. The number of unbranched alkanes of at least 4 members (excludes halogenated alkanes) is 39. The van der Waals surface area contributed by atoms with Crippen LogP contribution in [0.2, 0.25) is 0 Å². The molecule has 19 heteroatoms. The summed E-state index contributed by atoms with van der Waals surface area (Å²) in [5.41, 5.74) is 0. The number of amides is 1. The Hall–Kier alpha value is -3.29. The van der Waals surface area contributed by atoms with Crippen molar-refractivity contribution in [2.75, 3.05) is 26.4 Å². The molecule has 0 aliphatic carbocycles. The Morgan fingerprint density at radius 2 is 0.627 bits per heavy atom. The number of nitrogens with one attached hydrogen (secondary N) is 1. The molecule has 0 saturated carbocycles. The zero-order valence-electron chi connectivity index (χ0n) is 68.7. The van der Waals surface area contributed by atoms with Crippen molar-refractivity contribution in [3.8, 4) is 0 Å². The maximum Gasteiger partial charge on any atom is 0.220 e. The molecule has 0 aromatic heterocycles. The third kappa shape index (κ3) is 48.3. The SMILES string of the molecule is CC/C=C\C/C=C\C/C=C\C/C=C\C/C=C\C/C=C\C/C=C\C/C=C\CCCCCCCCCCCCCCCCCCC(=O)NC(COC1OC(CO)C(OC2OC(CO)C(OC3OC(CO)C(O)C(O)C3O)C(O)C2O)C(O)C1O)C(O)CCCCCCCCCCCCCCCCCCCCCCCCCC. The number of ether oxygens (including phenoxy) is 6. The molecule has 19 nitrogen and oxygen atoms in total. The molecule has 0 bridgehead atoms. The van der Waals surface area contributed by atoms with Crippen LogP contribution in [0.4, 0.5) is 0 Å². The molecule has 17 atom stereocenters. The largest absolute Gasteiger partial charge is 0.394 e. The summed E-state index contributed by atoms with van der Waals surface area (Å²) in [6, 6.07) is -0.893. The number of aliphatic hydroxyl groups is 11. The van der Waals surface area contributed by atoms with Gasteiger partial charge in [0.05, 0.1) is 38.6 Å². The summed E-state index contributed by atoms with van der Waals surface area (Å²) >= 11 is 0. The highest BCUT2D eigenvalue weighted by Crippen LogP contribution is 2.34. The average molecular weight is 1560 g/mol. The van der Waals surface area contributed by atoms with E-state index in [2.05, 4.69) is 116 Å². The van der Waals surface area contributed by atoms with E-state index < -0.39 is 124 Å². The normalized spacial score (nSPS) is 25.6. The van der Waals surface area contributed by atoms with Gasteiger partial charge in [0.25, 0.3) is 0 Å². The first-order valence-electron chi connectivity index (χ1n) is 44.5. The van der Waals surface area contributed by atoms with Gasteiger partial charge in [-0.1, -0.05) is 355 Å². The number of rotatable bonds is 71. The molecule has 3 fully saturated rings. The van der Waals surface area contributed by atoms with Gasteiger partial charge < -0.3 is 89.9 Å². The standard InChI is InChI=1S/C91H161NO18/c1-3-5-7-9-11-13-15-17-19-21-23-25-27-29-30-31-32-33-34-35-36-37-38-39-40-41-42-43-44-45-47-49-51-53-55-57-59-61-63-65-67-69-79(97)92-74(75(96)68-66-64-62-60-58-56-54-52-50-48-46-28-26-24-22-20-18-16-14-12-10-8-6-4-2)73-105-89-85(103)82(100)87(77(71-94)107-89)110-91-86(104)83(101)88(78(72-95)108-91)109-90-84(102)81(99)80(98)76(70-93)106-90/h5,7,11,13,17,19,23,25,29-30,32-33,35-36,38-39,74-78,80-91,93-96,98-104H,3-4,6,8-10,12,14-16,18,20-22,24,26-28,31,34,37,40-73H2,1-2H3,(H,92,97)/b7-5-,13-11-,19-17-,25-23-,30-29-,33-32-,36-35-,39-38-. The fourth-order valence-electron chi connectivity index (χ4n) is 14.6. The summed E-state index contributed by atoms with van der Waals surface area (Å²) in [5.74, 6) is -0.240. The van der Waals surface area contributed by atoms with Crippen LogP contribution < -0.4 is 5.32 Å². The molecule has 3 saturated heterocycles. The maximum absolute atomic E-state index is 13.5. The Labute approximate surface area is 666 Å². The van der Waals surface area contributed by atoms with E-state index in [4.69, 9.17) is 28.4 Å². The second kappa shape index (κ2) is 70.0. The van der Waals surface area contributed by atoms with E-state index in [0.717, 1.165) is 96.3 Å². The predicted molar refractivity (Wildman–Crippen MR) is 443 cm³/mol. The van der Waals surface area contributed by atoms with Crippen molar-refractivity contribution in [3.05, 3.63) is 97.2 Å². The lowest BCUT2D eigenvalue weighted by Gasteiger charge is -2.48. The highest BCUT2D eigenvalue weighted by atomic mass is 16.8. The van der Waals surface area contributed by atoms with Gasteiger partial charge in [0.1, 0.15) is 73.2 Å². The van der Waals surface area contributed by atoms with Crippen molar-refractivity contribution in [1.82, 2.24) is 5.32 Å². The number of carbonyl (C=O) groups excluding carboxylic acids is 1. The molecule has 0 radical (unpaired) electrons. The summed E-state index contributed by atoms with van der Waals surface area (Å²) in [6.07, 6.45) is 69.3. The van der Waals surface area contributed by atoms with Crippen LogP contribution in [0.25, 0.3) is 0 Å². The highest BCUT2D eigenvalue weighted by Gasteiger charge is 2.54. The maximum atomic E-state index is 13.5. The van der Waals surface area contributed by atoms with Gasteiger partial charge in [-0.15, -0.1) is 0 Å². The summed E-state index contributed by atoms with van der Waals surface area (Å²) in [5, 5.41) is 121. The molecule has 12 N–H and O–H groups in total. The number of hydrogen-bond donors (Lipinski definition) is 12. The number of hydrogen-bond acceptors (Lipinski definition) is 18. The fourth-order valence-corrected chi connectivity index (χ4v) is 14.6. The highest BCUT2D eigenvalue weighted by molar-refractivity contribution is 5.76. The second-order valence-electron chi connectivity index (χ2n) is 31.3. The van der Waals surface area contributed by atoms with Gasteiger partial charge in [-0.3, -0.25) is 4.79 Å². The van der Waals surface area contributed by atoms with Crippen LogP contribution in [0, 0.1) is 0 Å². The lowest BCUT2D eigenvalue weighted by Crippen LogP contribution is -2.66. The molecule has 110 heavy (non-hydrogen) atoms. The topological polar surface area (TPSA) is 307 Å². The van der Waals surface area contributed by atoms with Crippen LogP contribution in [0.1, 0.15) is 341 Å². The van der Waals surface area contributed by atoms with E-state index >= 15 is 0 Å². The Kier molecular flexibility index (Phi) is 64.2.